The van der Waals surface area contributed by atoms with Gasteiger partial charge in [-0.1, -0.05) is 54.1 Å². The summed E-state index contributed by atoms with van der Waals surface area (Å²) in [7, 11) is -6.66. The van der Waals surface area contributed by atoms with Crippen LogP contribution in [0.5, 0.6) is 0 Å². The highest BCUT2D eigenvalue weighted by Gasteiger charge is 2.31. The van der Waals surface area contributed by atoms with Crippen molar-refractivity contribution in [2.24, 2.45) is 0 Å². The topological polar surface area (TPSA) is 83.3 Å². The Hall–Kier alpha value is -2.97. The van der Waals surface area contributed by atoms with E-state index < -0.39 is 20.0 Å². The minimum atomic E-state index is -3.99. The summed E-state index contributed by atoms with van der Waals surface area (Å²) in [5, 5.41) is 0. The Morgan fingerprint density at radius 1 is 0.724 bits per heavy atom. The van der Waals surface area contributed by atoms with E-state index in [1.807, 2.05) is 6.92 Å². The van der Waals surface area contributed by atoms with Gasteiger partial charge in [0.25, 0.3) is 0 Å². The van der Waals surface area contributed by atoms with Crippen molar-refractivity contribution in [2.75, 3.05) is 7.05 Å². The molecular formula is C21H21N2O4S2+. The molecule has 29 heavy (non-hydrogen) atoms. The fraction of sp³-hybridized carbons (Fsp3) is 0.0952. The van der Waals surface area contributed by atoms with Crippen LogP contribution in [0.2, 0.25) is 0 Å². The highest BCUT2D eigenvalue weighted by Crippen LogP contribution is 2.15. The number of amidine groups is 1. The van der Waals surface area contributed by atoms with Gasteiger partial charge in [0, 0.05) is 0 Å². The monoisotopic (exact) mass is 429 g/mol. The lowest BCUT2D eigenvalue weighted by Crippen LogP contribution is -2.39. The summed E-state index contributed by atoms with van der Waals surface area (Å²) >= 11 is 0. The van der Waals surface area contributed by atoms with Gasteiger partial charge in [0.1, 0.15) is 9.79 Å². The molecule has 0 aliphatic heterocycles. The smallest absolute Gasteiger partial charge is 0.179 e. The fourth-order valence-corrected chi connectivity index (χ4v) is 5.06. The van der Waals surface area contributed by atoms with Crippen LogP contribution >= 0.6 is 0 Å². The molecule has 0 aliphatic rings. The second-order valence-electron chi connectivity index (χ2n) is 6.42. The molecule has 0 saturated carbocycles. The van der Waals surface area contributed by atoms with Crippen LogP contribution in [0.25, 0.3) is 0 Å². The van der Waals surface area contributed by atoms with Gasteiger partial charge in [-0.2, -0.15) is 25.5 Å². The predicted molar refractivity (Wildman–Crippen MR) is 112 cm³/mol. The van der Waals surface area contributed by atoms with Crippen LogP contribution in [-0.2, 0) is 20.0 Å². The first kappa shape index (κ1) is 20.8. The van der Waals surface area contributed by atoms with Crippen molar-refractivity contribution >= 4 is 25.9 Å². The normalized spacial score (nSPS) is 12.9. The lowest BCUT2D eigenvalue weighted by molar-refractivity contribution is -0.328. The summed E-state index contributed by atoms with van der Waals surface area (Å²) in [5.74, 6) is -0.0602. The van der Waals surface area contributed by atoms with Crippen molar-refractivity contribution in [2.45, 2.75) is 16.7 Å². The third-order valence-corrected chi connectivity index (χ3v) is 7.45. The van der Waals surface area contributed by atoms with Crippen LogP contribution in [0.3, 0.4) is 0 Å². The van der Waals surface area contributed by atoms with Crippen LogP contribution in [0.15, 0.2) is 94.7 Å². The maximum Gasteiger partial charge on any atom is 0.330 e. The molecule has 0 unspecified atom stereocenters. The largest absolute Gasteiger partial charge is 0.330 e. The van der Waals surface area contributed by atoms with E-state index in [-0.39, 0.29) is 15.6 Å². The van der Waals surface area contributed by atoms with Crippen molar-refractivity contribution in [1.82, 2.24) is 4.72 Å². The summed E-state index contributed by atoms with van der Waals surface area (Å²) < 4.78 is 55.5. The summed E-state index contributed by atoms with van der Waals surface area (Å²) in [6.07, 6.45) is 0. The van der Waals surface area contributed by atoms with Crippen molar-refractivity contribution in [3.8, 4) is 0 Å². The minimum Gasteiger partial charge on any atom is -0.179 e. The lowest BCUT2D eigenvalue weighted by atomic mass is 10.2. The first-order chi connectivity index (χ1) is 13.7. The van der Waals surface area contributed by atoms with E-state index in [0.29, 0.717) is 5.56 Å². The highest BCUT2D eigenvalue weighted by atomic mass is 32.2. The maximum absolute atomic E-state index is 13.2. The minimum absolute atomic E-state index is 0.0366. The molecule has 0 atom stereocenters. The van der Waals surface area contributed by atoms with Crippen LogP contribution in [0.1, 0.15) is 11.1 Å². The number of benzene rings is 3. The van der Waals surface area contributed by atoms with Gasteiger partial charge in [-0.15, -0.1) is 0 Å². The molecule has 6 nitrogen and oxygen atoms in total. The number of sulfonamides is 2. The second-order valence-corrected chi connectivity index (χ2v) is 10.1. The van der Waals surface area contributed by atoms with Gasteiger partial charge in [-0.05, 0) is 43.3 Å². The molecule has 0 aliphatic carbocycles. The molecule has 3 aromatic rings. The van der Waals surface area contributed by atoms with Gasteiger partial charge in [0.2, 0.25) is 0 Å². The molecule has 0 aromatic heterocycles. The SMILES string of the molecule is Cc1ccc(S(=O)(=O)[N+](C)=C(NS(=O)(=O)c2ccccc2)c2ccccc2)cc1. The average molecular weight is 430 g/mol. The number of nitrogens with one attached hydrogen (secondary N) is 1. The predicted octanol–water partition coefficient (Wildman–Crippen LogP) is 2.75. The van der Waals surface area contributed by atoms with Gasteiger partial charge in [-0.25, -0.2) is 0 Å². The molecule has 3 aromatic carbocycles. The van der Waals surface area contributed by atoms with E-state index >= 15 is 0 Å². The molecule has 0 radical (unpaired) electrons. The van der Waals surface area contributed by atoms with E-state index in [0.717, 1.165) is 9.54 Å². The molecule has 0 saturated heterocycles. The Kier molecular flexibility index (Phi) is 5.86. The summed E-state index contributed by atoms with van der Waals surface area (Å²) in [6.45, 7) is 1.86. The zero-order valence-corrected chi connectivity index (χ0v) is 17.6. The van der Waals surface area contributed by atoms with Crippen molar-refractivity contribution < 1.29 is 20.8 Å². The quantitative estimate of drug-likeness (QED) is 0.384. The Balaban J connectivity index is 2.17. The van der Waals surface area contributed by atoms with E-state index in [4.69, 9.17) is 0 Å². The molecule has 1 N–H and O–H groups in total. The zero-order valence-electron chi connectivity index (χ0n) is 16.0. The second kappa shape index (κ2) is 8.18. The summed E-state index contributed by atoms with van der Waals surface area (Å²) in [5.41, 5.74) is 1.34. The maximum atomic E-state index is 13.2. The van der Waals surface area contributed by atoms with Crippen molar-refractivity contribution in [3.05, 3.63) is 96.1 Å². The Labute approximate surface area is 171 Å². The van der Waals surface area contributed by atoms with Gasteiger partial charge in [0.15, 0.2) is 0 Å². The van der Waals surface area contributed by atoms with Crippen LogP contribution in [0, 0.1) is 6.92 Å². The number of rotatable bonds is 5. The van der Waals surface area contributed by atoms with Gasteiger partial charge in [-0.3, -0.25) is 0 Å². The molecule has 8 heteroatoms. The van der Waals surface area contributed by atoms with Crippen LogP contribution in [-0.4, -0.2) is 33.7 Å². The third kappa shape index (κ3) is 4.55. The van der Waals surface area contributed by atoms with E-state index in [1.165, 1.54) is 31.3 Å². The molecule has 3 rings (SSSR count). The van der Waals surface area contributed by atoms with Crippen LogP contribution in [0.4, 0.5) is 0 Å². The van der Waals surface area contributed by atoms with Crippen molar-refractivity contribution in [3.63, 3.8) is 0 Å². The lowest BCUT2D eigenvalue weighted by Gasteiger charge is -2.11. The van der Waals surface area contributed by atoms with Gasteiger partial charge >= 0.3 is 25.9 Å². The molecule has 0 spiro atoms. The molecule has 150 valence electrons. The van der Waals surface area contributed by atoms with E-state index in [2.05, 4.69) is 4.72 Å². The Morgan fingerprint density at radius 2 is 1.24 bits per heavy atom. The Bertz CT molecular complexity index is 1240. The molecular weight excluding hydrogens is 408 g/mol. The number of hydrogen-bond acceptors (Lipinski definition) is 4. The first-order valence-corrected chi connectivity index (χ1v) is 11.7. The highest BCUT2D eigenvalue weighted by molar-refractivity contribution is 7.90. The standard InChI is InChI=1S/C21H20N2O4S2/c1-17-13-15-20(16-14-17)29(26,27)23(2)21(18-9-5-3-6-10-18)22-28(24,25)19-11-7-4-8-12-19/h3-16H,1-2H3/p+1. The first-order valence-electron chi connectivity index (χ1n) is 8.78. The third-order valence-electron chi connectivity index (χ3n) is 4.33. The Morgan fingerprint density at radius 3 is 1.79 bits per heavy atom. The average Bonchev–Trinajstić information content (AvgIpc) is 2.73. The van der Waals surface area contributed by atoms with Gasteiger partial charge in [0.05, 0.1) is 12.6 Å². The molecule has 0 fully saturated rings. The summed E-state index contributed by atoms with van der Waals surface area (Å²) in [6, 6.07) is 22.6. The van der Waals surface area contributed by atoms with Crippen molar-refractivity contribution in [1.29, 1.82) is 0 Å². The van der Waals surface area contributed by atoms with Crippen LogP contribution < -0.4 is 4.72 Å². The van der Waals surface area contributed by atoms with E-state index in [9.17, 15) is 16.8 Å². The molecule has 0 bridgehead atoms. The number of aryl methyl sites for hydroxylation is 1. The summed E-state index contributed by atoms with van der Waals surface area (Å²) in [4.78, 5) is 0.104. The molecule has 0 amide bonds. The number of nitrogens with zero attached hydrogens (tertiary/aromatic N) is 1. The van der Waals surface area contributed by atoms with E-state index in [1.54, 1.807) is 60.7 Å². The fourth-order valence-electron chi connectivity index (χ4n) is 2.68. The molecule has 0 heterocycles. The number of hydrogen-bond donors (Lipinski definition) is 1. The van der Waals surface area contributed by atoms with Gasteiger partial charge < -0.3 is 0 Å². The zero-order chi connectivity index (χ0) is 21.1.